The lowest BCUT2D eigenvalue weighted by atomic mass is 10.2. The number of para-hydroxylation sites is 1. The molecule has 1 aromatic carbocycles. The zero-order valence-corrected chi connectivity index (χ0v) is 7.82. The molecule has 1 aromatic rings. The highest BCUT2D eigenvalue weighted by molar-refractivity contribution is 5.87. The summed E-state index contributed by atoms with van der Waals surface area (Å²) in [6.07, 6.45) is 2.94. The van der Waals surface area contributed by atoms with Crippen LogP contribution in [0.25, 0.3) is 0 Å². The van der Waals surface area contributed by atoms with Crippen molar-refractivity contribution in [2.75, 3.05) is 5.32 Å². The summed E-state index contributed by atoms with van der Waals surface area (Å²) in [5, 5.41) is 11.6. The Bertz CT molecular complexity index is 402. The van der Waals surface area contributed by atoms with E-state index in [9.17, 15) is 4.79 Å². The van der Waals surface area contributed by atoms with Gasteiger partial charge in [0.25, 0.3) is 0 Å². The molecule has 0 heterocycles. The summed E-state index contributed by atoms with van der Waals surface area (Å²) in [5.74, 6) is -0.0352. The summed E-state index contributed by atoms with van der Waals surface area (Å²) in [6, 6.07) is 9.16. The molecule has 0 aliphatic heterocycles. The fourth-order valence-electron chi connectivity index (χ4n) is 0.955. The van der Waals surface area contributed by atoms with Gasteiger partial charge in [-0.15, -0.1) is 0 Å². The van der Waals surface area contributed by atoms with Gasteiger partial charge in [0.05, 0.1) is 11.3 Å². The number of nitrogens with zero attached hydrogens (tertiary/aromatic N) is 1. The molecule has 1 rings (SSSR count). The third-order valence-corrected chi connectivity index (χ3v) is 1.60. The summed E-state index contributed by atoms with van der Waals surface area (Å²) < 4.78 is 0. The highest BCUT2D eigenvalue weighted by atomic mass is 16.1. The van der Waals surface area contributed by atoms with E-state index in [0.29, 0.717) is 11.3 Å². The van der Waals surface area contributed by atoms with Crippen LogP contribution in [0.3, 0.4) is 0 Å². The van der Waals surface area contributed by atoms with Crippen molar-refractivity contribution < 1.29 is 4.79 Å². The van der Waals surface area contributed by atoms with Crippen LogP contribution >= 0.6 is 0 Å². The van der Waals surface area contributed by atoms with E-state index in [-0.39, 0.29) is 5.78 Å². The molecule has 0 spiro atoms. The lowest BCUT2D eigenvalue weighted by Crippen LogP contribution is -1.92. The van der Waals surface area contributed by atoms with Gasteiger partial charge in [-0.05, 0) is 25.1 Å². The minimum atomic E-state index is -0.0352. The Labute approximate surface area is 82.7 Å². The second-order valence-corrected chi connectivity index (χ2v) is 2.75. The van der Waals surface area contributed by atoms with Crippen LogP contribution in [0.1, 0.15) is 12.5 Å². The van der Waals surface area contributed by atoms with Crippen LogP contribution in [0, 0.1) is 11.3 Å². The lowest BCUT2D eigenvalue weighted by Gasteiger charge is -2.01. The van der Waals surface area contributed by atoms with E-state index in [1.165, 1.54) is 19.2 Å². The highest BCUT2D eigenvalue weighted by Gasteiger charge is 1.96. The average Bonchev–Trinajstić information content (AvgIpc) is 2.18. The first-order valence-electron chi connectivity index (χ1n) is 4.17. The van der Waals surface area contributed by atoms with Crippen molar-refractivity contribution in [3.63, 3.8) is 0 Å². The highest BCUT2D eigenvalue weighted by Crippen LogP contribution is 2.12. The second-order valence-electron chi connectivity index (χ2n) is 2.75. The first kappa shape index (κ1) is 10.0. The van der Waals surface area contributed by atoms with Gasteiger partial charge >= 0.3 is 0 Å². The van der Waals surface area contributed by atoms with Gasteiger partial charge in [-0.25, -0.2) is 0 Å². The van der Waals surface area contributed by atoms with Crippen LogP contribution in [0.5, 0.6) is 0 Å². The summed E-state index contributed by atoms with van der Waals surface area (Å²) in [6.45, 7) is 1.47. The van der Waals surface area contributed by atoms with E-state index in [1.54, 1.807) is 18.2 Å². The zero-order valence-electron chi connectivity index (χ0n) is 7.82. The molecule has 0 unspecified atom stereocenters. The number of nitrogens with one attached hydrogen (secondary N) is 1. The molecule has 0 saturated heterocycles. The molecule has 0 bridgehead atoms. The van der Waals surface area contributed by atoms with Gasteiger partial charge in [0.1, 0.15) is 6.07 Å². The summed E-state index contributed by atoms with van der Waals surface area (Å²) in [4.78, 5) is 10.6. The third-order valence-electron chi connectivity index (χ3n) is 1.60. The number of hydrogen-bond acceptors (Lipinski definition) is 3. The Hall–Kier alpha value is -2.08. The van der Waals surface area contributed by atoms with E-state index in [2.05, 4.69) is 11.4 Å². The number of ketones is 1. The van der Waals surface area contributed by atoms with Crippen molar-refractivity contribution in [2.24, 2.45) is 0 Å². The van der Waals surface area contributed by atoms with Gasteiger partial charge in [0, 0.05) is 6.20 Å². The molecule has 70 valence electrons. The number of nitriles is 1. The van der Waals surface area contributed by atoms with Crippen molar-refractivity contribution >= 4 is 11.5 Å². The predicted octanol–water partition coefficient (Wildman–Crippen LogP) is 2.07. The molecule has 0 aromatic heterocycles. The van der Waals surface area contributed by atoms with E-state index in [4.69, 9.17) is 5.26 Å². The number of benzene rings is 1. The Morgan fingerprint density at radius 2 is 2.21 bits per heavy atom. The van der Waals surface area contributed by atoms with Gasteiger partial charge < -0.3 is 5.32 Å². The Kier molecular flexibility index (Phi) is 3.45. The molecule has 0 aliphatic carbocycles. The maximum atomic E-state index is 10.6. The molecule has 0 fully saturated rings. The largest absolute Gasteiger partial charge is 0.360 e. The quantitative estimate of drug-likeness (QED) is 0.735. The number of rotatable bonds is 3. The molecule has 1 N–H and O–H groups in total. The number of carbonyl (C=O) groups excluding carboxylic acids is 1. The molecule has 3 nitrogen and oxygen atoms in total. The molecular formula is C11H10N2O. The maximum Gasteiger partial charge on any atom is 0.154 e. The van der Waals surface area contributed by atoms with Crippen molar-refractivity contribution in [3.8, 4) is 6.07 Å². The molecule has 0 aliphatic rings. The number of carbonyl (C=O) groups is 1. The van der Waals surface area contributed by atoms with E-state index < -0.39 is 0 Å². The van der Waals surface area contributed by atoms with E-state index in [0.717, 1.165) is 0 Å². The van der Waals surface area contributed by atoms with Gasteiger partial charge in [0.15, 0.2) is 5.78 Å². The smallest absolute Gasteiger partial charge is 0.154 e. The molecule has 0 atom stereocenters. The predicted molar refractivity (Wildman–Crippen MR) is 54.6 cm³/mol. The second kappa shape index (κ2) is 4.83. The normalized spacial score (nSPS) is 9.71. The van der Waals surface area contributed by atoms with Gasteiger partial charge in [0.2, 0.25) is 0 Å². The first-order chi connectivity index (χ1) is 6.74. The molecular weight excluding hydrogens is 176 g/mol. The van der Waals surface area contributed by atoms with Crippen LogP contribution in [0.15, 0.2) is 36.5 Å². The van der Waals surface area contributed by atoms with Crippen LogP contribution in [0.2, 0.25) is 0 Å². The average molecular weight is 186 g/mol. The molecule has 0 amide bonds. The Morgan fingerprint density at radius 3 is 2.86 bits per heavy atom. The van der Waals surface area contributed by atoms with E-state index in [1.807, 2.05) is 6.07 Å². The van der Waals surface area contributed by atoms with Gasteiger partial charge in [-0.3, -0.25) is 4.79 Å². The fourth-order valence-corrected chi connectivity index (χ4v) is 0.955. The van der Waals surface area contributed by atoms with Gasteiger partial charge in [-0.1, -0.05) is 12.1 Å². The number of anilines is 1. The summed E-state index contributed by atoms with van der Waals surface area (Å²) >= 11 is 0. The fraction of sp³-hybridized carbons (Fsp3) is 0.0909. The number of hydrogen-bond donors (Lipinski definition) is 1. The van der Waals surface area contributed by atoms with Crippen molar-refractivity contribution in [1.82, 2.24) is 0 Å². The standard InChI is InChI=1S/C11H10N2O/c1-9(14)6-7-13-11-5-3-2-4-10(11)8-12/h2-7,13H,1H3/b7-6-. The first-order valence-corrected chi connectivity index (χ1v) is 4.17. The third kappa shape index (κ3) is 2.76. The zero-order chi connectivity index (χ0) is 10.4. The van der Waals surface area contributed by atoms with Crippen LogP contribution < -0.4 is 5.32 Å². The van der Waals surface area contributed by atoms with Gasteiger partial charge in [-0.2, -0.15) is 5.26 Å². The molecule has 0 saturated carbocycles. The van der Waals surface area contributed by atoms with Crippen LogP contribution in [-0.2, 0) is 4.79 Å². The minimum Gasteiger partial charge on any atom is -0.360 e. The topological polar surface area (TPSA) is 52.9 Å². The van der Waals surface area contributed by atoms with Crippen LogP contribution in [-0.4, -0.2) is 5.78 Å². The van der Waals surface area contributed by atoms with Crippen molar-refractivity contribution in [1.29, 1.82) is 5.26 Å². The SMILES string of the molecule is CC(=O)/C=C\Nc1ccccc1C#N. The minimum absolute atomic E-state index is 0.0352. The maximum absolute atomic E-state index is 10.6. The summed E-state index contributed by atoms with van der Waals surface area (Å²) in [5.41, 5.74) is 1.26. The Balaban J connectivity index is 2.77. The van der Waals surface area contributed by atoms with Crippen molar-refractivity contribution in [3.05, 3.63) is 42.1 Å². The molecule has 0 radical (unpaired) electrons. The summed E-state index contributed by atoms with van der Waals surface area (Å²) in [7, 11) is 0. The molecule has 14 heavy (non-hydrogen) atoms. The van der Waals surface area contributed by atoms with Crippen molar-refractivity contribution in [2.45, 2.75) is 6.92 Å². The van der Waals surface area contributed by atoms with E-state index >= 15 is 0 Å². The monoisotopic (exact) mass is 186 g/mol. The molecule has 3 heteroatoms. The lowest BCUT2D eigenvalue weighted by molar-refractivity contribution is -0.112. The number of allylic oxidation sites excluding steroid dienone is 1. The van der Waals surface area contributed by atoms with Crippen LogP contribution in [0.4, 0.5) is 5.69 Å². The Morgan fingerprint density at radius 1 is 1.50 bits per heavy atom.